The average molecular weight is 374 g/mol. The summed E-state index contributed by atoms with van der Waals surface area (Å²) in [5.74, 6) is 0.197. The van der Waals surface area contributed by atoms with Gasteiger partial charge >= 0.3 is 6.03 Å². The number of carbonyl (C=O) groups is 2. The van der Waals surface area contributed by atoms with Crippen LogP contribution >= 0.6 is 0 Å². The van der Waals surface area contributed by atoms with Gasteiger partial charge in [-0.15, -0.1) is 0 Å². The summed E-state index contributed by atoms with van der Waals surface area (Å²) < 4.78 is 0. The van der Waals surface area contributed by atoms with Gasteiger partial charge in [-0.25, -0.2) is 4.79 Å². The summed E-state index contributed by atoms with van der Waals surface area (Å²) >= 11 is 0. The highest BCUT2D eigenvalue weighted by atomic mass is 16.2. The van der Waals surface area contributed by atoms with E-state index in [-0.39, 0.29) is 17.5 Å². The molecule has 2 aliphatic heterocycles. The van der Waals surface area contributed by atoms with Crippen molar-refractivity contribution in [1.82, 2.24) is 14.7 Å². The molecule has 7 nitrogen and oxygen atoms in total. The fourth-order valence-electron chi connectivity index (χ4n) is 3.98. The smallest absolute Gasteiger partial charge is 0.321 e. The van der Waals surface area contributed by atoms with Crippen molar-refractivity contribution in [3.8, 4) is 0 Å². The maximum Gasteiger partial charge on any atom is 0.321 e. The predicted molar refractivity (Wildman–Crippen MR) is 108 cm³/mol. The highest BCUT2D eigenvalue weighted by Gasteiger charge is 2.42. The van der Waals surface area contributed by atoms with Gasteiger partial charge in [0, 0.05) is 70.7 Å². The zero-order chi connectivity index (χ0) is 19.6. The third-order valence-electron chi connectivity index (χ3n) is 6.06. The van der Waals surface area contributed by atoms with Gasteiger partial charge in [-0.2, -0.15) is 0 Å². The number of urea groups is 1. The molecule has 0 bridgehead atoms. The maximum absolute atomic E-state index is 12.8. The third-order valence-corrected chi connectivity index (χ3v) is 6.06. The van der Waals surface area contributed by atoms with Crippen molar-refractivity contribution in [3.63, 3.8) is 0 Å². The van der Waals surface area contributed by atoms with E-state index in [4.69, 9.17) is 0 Å². The second-order valence-electron chi connectivity index (χ2n) is 8.00. The lowest BCUT2D eigenvalue weighted by atomic mass is 9.86. The van der Waals surface area contributed by atoms with Crippen molar-refractivity contribution in [2.75, 3.05) is 64.6 Å². The number of nitrogens with zero attached hydrogens (tertiary/aromatic N) is 4. The highest BCUT2D eigenvalue weighted by Crippen LogP contribution is 2.32. The van der Waals surface area contributed by atoms with E-state index in [1.165, 1.54) is 0 Å². The van der Waals surface area contributed by atoms with Crippen LogP contribution in [0.25, 0.3) is 0 Å². The Kier molecular flexibility index (Phi) is 5.60. The first-order valence-corrected chi connectivity index (χ1v) is 9.59. The van der Waals surface area contributed by atoms with Gasteiger partial charge in [0.1, 0.15) is 0 Å². The Hall–Kier alpha value is -2.28. The van der Waals surface area contributed by atoms with Gasteiger partial charge in [0.2, 0.25) is 5.91 Å². The summed E-state index contributed by atoms with van der Waals surface area (Å²) in [4.78, 5) is 33.0. The lowest BCUT2D eigenvalue weighted by Crippen LogP contribution is -2.62. The number of carbonyl (C=O) groups excluding carboxylic acids is 2. The minimum atomic E-state index is -0.120. The molecule has 3 rings (SSSR count). The normalized spacial score (nSPS) is 24.1. The summed E-state index contributed by atoms with van der Waals surface area (Å²) in [6, 6.07) is 7.78. The van der Waals surface area contributed by atoms with Gasteiger partial charge in [-0.3, -0.25) is 9.69 Å². The summed E-state index contributed by atoms with van der Waals surface area (Å²) in [7, 11) is 7.97. The van der Waals surface area contributed by atoms with E-state index in [0.717, 1.165) is 37.3 Å². The van der Waals surface area contributed by atoms with Crippen molar-refractivity contribution in [1.29, 1.82) is 0 Å². The zero-order valence-corrected chi connectivity index (χ0v) is 16.9. The average Bonchev–Trinajstić information content (AvgIpc) is 2.79. The molecule has 0 unspecified atom stereocenters. The van der Waals surface area contributed by atoms with Crippen LogP contribution < -0.4 is 10.2 Å². The number of hydrogen-bond donors (Lipinski definition) is 1. The minimum Gasteiger partial charge on any atom is -0.378 e. The van der Waals surface area contributed by atoms with Crippen LogP contribution in [0.4, 0.5) is 16.2 Å². The second-order valence-corrected chi connectivity index (χ2v) is 8.00. The fraction of sp³-hybridized carbons (Fsp3) is 0.600. The van der Waals surface area contributed by atoms with E-state index in [1.54, 1.807) is 0 Å². The van der Waals surface area contributed by atoms with Crippen molar-refractivity contribution >= 4 is 23.3 Å². The molecule has 27 heavy (non-hydrogen) atoms. The van der Waals surface area contributed by atoms with E-state index < -0.39 is 0 Å². The Labute approximate surface area is 161 Å². The Morgan fingerprint density at radius 3 is 2.44 bits per heavy atom. The van der Waals surface area contributed by atoms with Crippen LogP contribution in [-0.4, -0.2) is 86.5 Å². The Bertz CT molecular complexity index is 690. The Morgan fingerprint density at radius 2 is 1.78 bits per heavy atom. The predicted octanol–water partition coefficient (Wildman–Crippen LogP) is 1.91. The molecule has 3 amide bonds. The Balaban J connectivity index is 1.67. The number of nitrogens with one attached hydrogen (secondary N) is 1. The second kappa shape index (κ2) is 7.76. The molecule has 0 aliphatic carbocycles. The van der Waals surface area contributed by atoms with Crippen LogP contribution in [0.3, 0.4) is 0 Å². The fourth-order valence-corrected chi connectivity index (χ4v) is 3.98. The number of benzene rings is 1. The van der Waals surface area contributed by atoms with Crippen LogP contribution in [-0.2, 0) is 4.79 Å². The molecular formula is C20H31N5O2. The third kappa shape index (κ3) is 4.18. The van der Waals surface area contributed by atoms with Crippen molar-refractivity contribution in [2.24, 2.45) is 0 Å². The molecule has 2 aliphatic rings. The van der Waals surface area contributed by atoms with Gasteiger partial charge in [0.25, 0.3) is 0 Å². The molecule has 1 N–H and O–H groups in total. The van der Waals surface area contributed by atoms with Gasteiger partial charge in [-0.1, -0.05) is 0 Å². The van der Waals surface area contributed by atoms with Crippen molar-refractivity contribution < 1.29 is 9.59 Å². The summed E-state index contributed by atoms with van der Waals surface area (Å²) in [6.45, 7) is 2.92. The summed E-state index contributed by atoms with van der Waals surface area (Å²) in [5.41, 5.74) is 1.78. The van der Waals surface area contributed by atoms with Crippen LogP contribution in [0, 0.1) is 0 Å². The van der Waals surface area contributed by atoms with Crippen molar-refractivity contribution in [2.45, 2.75) is 24.8 Å². The molecule has 2 fully saturated rings. The molecule has 2 saturated heterocycles. The topological polar surface area (TPSA) is 59.1 Å². The quantitative estimate of drug-likeness (QED) is 0.860. The van der Waals surface area contributed by atoms with Crippen LogP contribution in [0.15, 0.2) is 24.3 Å². The molecule has 0 radical (unpaired) electrons. The number of rotatable bonds is 2. The molecule has 1 aromatic rings. The first-order valence-electron chi connectivity index (χ1n) is 9.59. The lowest BCUT2D eigenvalue weighted by molar-refractivity contribution is -0.129. The highest BCUT2D eigenvalue weighted by molar-refractivity contribution is 5.89. The zero-order valence-electron chi connectivity index (χ0n) is 16.9. The van der Waals surface area contributed by atoms with Gasteiger partial charge < -0.3 is 20.0 Å². The monoisotopic (exact) mass is 373 g/mol. The van der Waals surface area contributed by atoms with E-state index in [9.17, 15) is 9.59 Å². The first kappa shape index (κ1) is 19.5. The minimum absolute atomic E-state index is 0.0657. The van der Waals surface area contributed by atoms with E-state index in [0.29, 0.717) is 19.5 Å². The molecule has 148 valence electrons. The van der Waals surface area contributed by atoms with Gasteiger partial charge in [0.05, 0.1) is 0 Å². The van der Waals surface area contributed by atoms with Gasteiger partial charge in [0.15, 0.2) is 0 Å². The molecule has 2 heterocycles. The molecule has 0 aromatic heterocycles. The van der Waals surface area contributed by atoms with Gasteiger partial charge in [-0.05, 0) is 44.2 Å². The number of piperazine rings is 1. The van der Waals surface area contributed by atoms with Crippen LogP contribution in [0.1, 0.15) is 19.3 Å². The number of likely N-dealkylation sites (tertiary alicyclic amines) is 1. The number of amides is 3. The number of hydrogen-bond acceptors (Lipinski definition) is 4. The molecule has 0 saturated carbocycles. The first-order chi connectivity index (χ1) is 12.8. The summed E-state index contributed by atoms with van der Waals surface area (Å²) in [6.07, 6.45) is 2.24. The lowest BCUT2D eigenvalue weighted by Gasteiger charge is -2.49. The van der Waals surface area contributed by atoms with Crippen LogP contribution in [0.5, 0.6) is 0 Å². The number of anilines is 2. The largest absolute Gasteiger partial charge is 0.378 e. The van der Waals surface area contributed by atoms with E-state index in [1.807, 2.05) is 60.1 Å². The van der Waals surface area contributed by atoms with E-state index in [2.05, 4.69) is 17.3 Å². The molecule has 1 spiro atoms. The summed E-state index contributed by atoms with van der Waals surface area (Å²) in [5, 5.41) is 3.02. The SMILES string of the molecule is CN1CC[C@@]2(CCC1=O)CN(C(=O)Nc1ccc(N(C)C)cc1)CCN2C. The van der Waals surface area contributed by atoms with Crippen molar-refractivity contribution in [3.05, 3.63) is 24.3 Å². The van der Waals surface area contributed by atoms with E-state index >= 15 is 0 Å². The molecular weight excluding hydrogens is 342 g/mol. The van der Waals surface area contributed by atoms with Crippen LogP contribution in [0.2, 0.25) is 0 Å². The maximum atomic E-state index is 12.8. The Morgan fingerprint density at radius 1 is 1.07 bits per heavy atom. The standard InChI is InChI=1S/C20H31N5O2/c1-22(2)17-7-5-16(6-8-17)21-19(27)25-14-13-24(4)20(15-25)10-9-18(26)23(3)12-11-20/h5-8H,9-15H2,1-4H3,(H,21,27)/t20-/m0/s1. The molecule has 7 heteroatoms. The number of likely N-dealkylation sites (N-methyl/N-ethyl adjacent to an activating group) is 1. The molecule has 1 atom stereocenters. The molecule has 1 aromatic carbocycles.